The van der Waals surface area contributed by atoms with Crippen molar-refractivity contribution in [2.75, 3.05) is 6.61 Å². The van der Waals surface area contributed by atoms with Crippen LogP contribution in [0.4, 0.5) is 13.2 Å². The molecular formula is C9H6BrF3INO2. The molecule has 0 atom stereocenters. The van der Waals surface area contributed by atoms with Crippen LogP contribution in [0, 0.1) is 3.57 Å². The average Bonchev–Trinajstić information content (AvgIpc) is 2.19. The van der Waals surface area contributed by atoms with Gasteiger partial charge in [-0.2, -0.15) is 13.2 Å². The number of nitrogens with one attached hydrogen (secondary N) is 1. The number of benzene rings is 1. The highest BCUT2D eigenvalue weighted by Gasteiger charge is 2.28. The van der Waals surface area contributed by atoms with Crippen LogP contribution in [-0.2, 0) is 4.84 Å². The molecule has 1 amide bonds. The van der Waals surface area contributed by atoms with E-state index in [4.69, 9.17) is 0 Å². The summed E-state index contributed by atoms with van der Waals surface area (Å²) < 4.78 is 36.6. The molecule has 94 valence electrons. The molecule has 0 aliphatic heterocycles. The predicted molar refractivity (Wildman–Crippen MR) is 66.3 cm³/mol. The zero-order chi connectivity index (χ0) is 13.1. The molecule has 1 rings (SSSR count). The highest BCUT2D eigenvalue weighted by molar-refractivity contribution is 14.1. The van der Waals surface area contributed by atoms with Gasteiger partial charge in [0.2, 0.25) is 0 Å². The van der Waals surface area contributed by atoms with Crippen LogP contribution in [0.3, 0.4) is 0 Å². The van der Waals surface area contributed by atoms with Crippen molar-refractivity contribution in [3.05, 3.63) is 31.8 Å². The summed E-state index contributed by atoms with van der Waals surface area (Å²) in [5, 5.41) is 0. The van der Waals surface area contributed by atoms with Crippen molar-refractivity contribution in [3.8, 4) is 0 Å². The number of carbonyl (C=O) groups excluding carboxylic acids is 1. The fourth-order valence-electron chi connectivity index (χ4n) is 0.910. The van der Waals surface area contributed by atoms with Crippen LogP contribution in [-0.4, -0.2) is 18.7 Å². The number of hydrogen-bond donors (Lipinski definition) is 1. The van der Waals surface area contributed by atoms with E-state index < -0.39 is 18.7 Å². The molecule has 0 aliphatic carbocycles. The highest BCUT2D eigenvalue weighted by Crippen LogP contribution is 2.19. The lowest BCUT2D eigenvalue weighted by Crippen LogP contribution is -2.29. The Balaban J connectivity index is 2.61. The molecule has 0 heterocycles. The van der Waals surface area contributed by atoms with Gasteiger partial charge in [0.1, 0.15) is 0 Å². The molecular weight excluding hydrogens is 418 g/mol. The maximum atomic E-state index is 11.8. The van der Waals surface area contributed by atoms with Gasteiger partial charge in [-0.05, 0) is 56.7 Å². The smallest absolute Gasteiger partial charge is 0.267 e. The average molecular weight is 424 g/mol. The minimum Gasteiger partial charge on any atom is -0.267 e. The third kappa shape index (κ3) is 5.21. The third-order valence-corrected chi connectivity index (χ3v) is 2.94. The molecule has 1 aromatic rings. The Labute approximate surface area is 117 Å². The van der Waals surface area contributed by atoms with E-state index in [1.54, 1.807) is 17.6 Å². The summed E-state index contributed by atoms with van der Waals surface area (Å²) in [4.78, 5) is 15.5. The quantitative estimate of drug-likeness (QED) is 0.598. The number of hydroxylamine groups is 1. The van der Waals surface area contributed by atoms with Gasteiger partial charge < -0.3 is 0 Å². The molecule has 0 aromatic heterocycles. The molecule has 0 spiro atoms. The summed E-state index contributed by atoms with van der Waals surface area (Å²) in [5.41, 5.74) is 1.94. The normalized spacial score (nSPS) is 11.4. The van der Waals surface area contributed by atoms with Gasteiger partial charge in [0.05, 0.1) is 5.56 Å². The molecule has 17 heavy (non-hydrogen) atoms. The third-order valence-electron chi connectivity index (χ3n) is 1.57. The van der Waals surface area contributed by atoms with Crippen LogP contribution in [0.1, 0.15) is 10.4 Å². The second kappa shape index (κ2) is 6.01. The van der Waals surface area contributed by atoms with E-state index in [1.165, 1.54) is 6.07 Å². The van der Waals surface area contributed by atoms with E-state index in [-0.39, 0.29) is 5.56 Å². The Hall–Kier alpha value is -0.350. The van der Waals surface area contributed by atoms with E-state index in [0.29, 0.717) is 4.47 Å². The van der Waals surface area contributed by atoms with Crippen molar-refractivity contribution >= 4 is 44.4 Å². The minimum atomic E-state index is -4.48. The van der Waals surface area contributed by atoms with Gasteiger partial charge in [-0.3, -0.25) is 9.63 Å². The van der Waals surface area contributed by atoms with Gasteiger partial charge in [0.15, 0.2) is 6.61 Å². The Bertz CT molecular complexity index is 425. The molecule has 1 aromatic carbocycles. The fourth-order valence-corrected chi connectivity index (χ4v) is 1.83. The van der Waals surface area contributed by atoms with Crippen LogP contribution in [0.5, 0.6) is 0 Å². The molecule has 0 unspecified atom stereocenters. The fraction of sp³-hybridized carbons (Fsp3) is 0.222. The molecule has 0 radical (unpaired) electrons. The Kier molecular flexibility index (Phi) is 5.20. The highest BCUT2D eigenvalue weighted by atomic mass is 127. The maximum absolute atomic E-state index is 11.8. The summed E-state index contributed by atoms with van der Waals surface area (Å²) in [5.74, 6) is -0.736. The first kappa shape index (κ1) is 14.7. The molecule has 1 N–H and O–H groups in total. The summed E-state index contributed by atoms with van der Waals surface area (Å²) >= 11 is 5.10. The topological polar surface area (TPSA) is 38.3 Å². The molecule has 0 aliphatic rings. The zero-order valence-electron chi connectivity index (χ0n) is 8.15. The molecule has 0 fully saturated rings. The molecule has 0 bridgehead atoms. The van der Waals surface area contributed by atoms with Gasteiger partial charge in [-0.15, -0.1) is 0 Å². The van der Waals surface area contributed by atoms with Crippen LogP contribution in [0.15, 0.2) is 22.7 Å². The van der Waals surface area contributed by atoms with Crippen LogP contribution in [0.2, 0.25) is 0 Å². The van der Waals surface area contributed by atoms with E-state index in [9.17, 15) is 18.0 Å². The van der Waals surface area contributed by atoms with Crippen molar-refractivity contribution in [2.24, 2.45) is 0 Å². The van der Waals surface area contributed by atoms with Crippen molar-refractivity contribution in [1.82, 2.24) is 5.48 Å². The monoisotopic (exact) mass is 423 g/mol. The van der Waals surface area contributed by atoms with Gasteiger partial charge in [-0.1, -0.05) is 0 Å². The number of rotatable bonds is 3. The van der Waals surface area contributed by atoms with Crippen molar-refractivity contribution in [1.29, 1.82) is 0 Å². The van der Waals surface area contributed by atoms with Crippen molar-refractivity contribution < 1.29 is 22.8 Å². The van der Waals surface area contributed by atoms with Gasteiger partial charge in [0, 0.05) is 8.04 Å². The SMILES string of the molecule is O=C(NOCC(F)(F)F)c1cc(I)ccc1Br. The molecule has 0 saturated carbocycles. The molecule has 8 heteroatoms. The first-order valence-corrected chi connectivity index (χ1v) is 6.11. The Morgan fingerprint density at radius 2 is 2.12 bits per heavy atom. The van der Waals surface area contributed by atoms with E-state index in [0.717, 1.165) is 3.57 Å². The molecule has 0 saturated heterocycles. The summed E-state index contributed by atoms with van der Waals surface area (Å²) in [6, 6.07) is 4.90. The van der Waals surface area contributed by atoms with E-state index >= 15 is 0 Å². The summed E-state index contributed by atoms with van der Waals surface area (Å²) in [6.07, 6.45) is -4.48. The largest absolute Gasteiger partial charge is 0.414 e. The number of carbonyl (C=O) groups is 1. The summed E-state index contributed by atoms with van der Waals surface area (Å²) in [7, 11) is 0. The van der Waals surface area contributed by atoms with Gasteiger partial charge >= 0.3 is 6.18 Å². The first-order chi connectivity index (χ1) is 7.79. The summed E-state index contributed by atoms with van der Waals surface area (Å²) in [6.45, 7) is -1.53. The van der Waals surface area contributed by atoms with E-state index in [1.807, 2.05) is 22.6 Å². The second-order valence-corrected chi connectivity index (χ2v) is 5.06. The number of alkyl halides is 3. The Morgan fingerprint density at radius 1 is 1.47 bits per heavy atom. The standard InChI is InChI=1S/C9H6BrF3INO2/c10-7-2-1-5(14)3-6(7)8(16)15-17-4-9(11,12)13/h1-3H,4H2,(H,15,16). The lowest BCUT2D eigenvalue weighted by atomic mass is 10.2. The number of halogens is 5. The lowest BCUT2D eigenvalue weighted by molar-refractivity contribution is -0.184. The first-order valence-electron chi connectivity index (χ1n) is 4.23. The number of hydrogen-bond acceptors (Lipinski definition) is 2. The van der Waals surface area contributed by atoms with Crippen molar-refractivity contribution in [2.45, 2.75) is 6.18 Å². The predicted octanol–water partition coefficient (Wildman–Crippen LogP) is 3.28. The second-order valence-electron chi connectivity index (χ2n) is 2.96. The minimum absolute atomic E-state index is 0.207. The molecule has 3 nitrogen and oxygen atoms in total. The van der Waals surface area contributed by atoms with Gasteiger partial charge in [0.25, 0.3) is 5.91 Å². The Morgan fingerprint density at radius 3 is 2.71 bits per heavy atom. The van der Waals surface area contributed by atoms with Gasteiger partial charge in [-0.25, -0.2) is 5.48 Å². The van der Waals surface area contributed by atoms with E-state index in [2.05, 4.69) is 20.8 Å². The number of amides is 1. The lowest BCUT2D eigenvalue weighted by Gasteiger charge is -2.09. The maximum Gasteiger partial charge on any atom is 0.414 e. The van der Waals surface area contributed by atoms with Crippen molar-refractivity contribution in [3.63, 3.8) is 0 Å². The van der Waals surface area contributed by atoms with Crippen LogP contribution >= 0.6 is 38.5 Å². The van der Waals surface area contributed by atoms with Crippen LogP contribution < -0.4 is 5.48 Å². The zero-order valence-corrected chi connectivity index (χ0v) is 11.9. The van der Waals surface area contributed by atoms with Crippen LogP contribution in [0.25, 0.3) is 0 Å².